The van der Waals surface area contributed by atoms with Crippen molar-refractivity contribution in [2.45, 2.75) is 24.8 Å². The van der Waals surface area contributed by atoms with Gasteiger partial charge in [-0.15, -0.1) is 11.3 Å². The number of nitrogens with one attached hydrogen (secondary N) is 2. The Bertz CT molecular complexity index is 1010. The Labute approximate surface area is 163 Å². The van der Waals surface area contributed by atoms with Gasteiger partial charge in [0.1, 0.15) is 0 Å². The topological polar surface area (TPSA) is 75.3 Å². The molecule has 2 N–H and O–H groups in total. The Hall–Kier alpha value is -2.48. The van der Waals surface area contributed by atoms with Crippen LogP contribution in [0.15, 0.2) is 70.9 Å². The molecule has 5 nitrogen and oxygen atoms in total. The Morgan fingerprint density at radius 1 is 1.00 bits per heavy atom. The average Bonchev–Trinajstić information content (AvgIpc) is 3.15. The molecule has 3 rings (SSSR count). The number of rotatable bonds is 6. The molecule has 0 saturated heterocycles. The van der Waals surface area contributed by atoms with Gasteiger partial charge in [0.2, 0.25) is 15.9 Å². The van der Waals surface area contributed by atoms with Gasteiger partial charge in [0.05, 0.1) is 10.9 Å². The summed E-state index contributed by atoms with van der Waals surface area (Å²) in [6, 6.07) is 17.2. The molecule has 1 amide bonds. The van der Waals surface area contributed by atoms with Gasteiger partial charge in [0, 0.05) is 17.5 Å². The summed E-state index contributed by atoms with van der Waals surface area (Å²) in [5.41, 5.74) is 2.54. The van der Waals surface area contributed by atoms with Gasteiger partial charge in [-0.2, -0.15) is 4.72 Å². The molecule has 3 aromatic rings. The highest BCUT2D eigenvalue weighted by molar-refractivity contribution is 7.89. The molecule has 27 heavy (non-hydrogen) atoms. The highest BCUT2D eigenvalue weighted by Gasteiger charge is 2.23. The molecule has 1 aromatic heterocycles. The largest absolute Gasteiger partial charge is 0.326 e. The molecule has 140 valence electrons. The van der Waals surface area contributed by atoms with Gasteiger partial charge < -0.3 is 5.32 Å². The van der Waals surface area contributed by atoms with Crippen LogP contribution < -0.4 is 10.0 Å². The number of anilines is 1. The molecule has 7 heteroatoms. The fraction of sp³-hybridized carbons (Fsp3) is 0.150. The second-order valence-corrected chi connectivity index (χ2v) is 8.88. The van der Waals surface area contributed by atoms with E-state index in [1.165, 1.54) is 30.4 Å². The van der Waals surface area contributed by atoms with Gasteiger partial charge in [0.15, 0.2) is 0 Å². The highest BCUT2D eigenvalue weighted by atomic mass is 32.2. The zero-order valence-corrected chi connectivity index (χ0v) is 16.6. The van der Waals surface area contributed by atoms with Crippen LogP contribution in [0.1, 0.15) is 29.0 Å². The van der Waals surface area contributed by atoms with Crippen LogP contribution in [0.5, 0.6) is 0 Å². The number of aryl methyl sites for hydroxylation is 1. The van der Waals surface area contributed by atoms with Crippen molar-refractivity contribution in [3.63, 3.8) is 0 Å². The summed E-state index contributed by atoms with van der Waals surface area (Å²) in [4.78, 5) is 12.2. The molecule has 0 aliphatic carbocycles. The predicted molar refractivity (Wildman–Crippen MR) is 108 cm³/mol. The SMILES string of the molecule is CC(=O)Nc1ccc(S(=O)(=O)NC(c2ccc(C)cc2)c2cccs2)cc1. The summed E-state index contributed by atoms with van der Waals surface area (Å²) in [7, 11) is -3.75. The molecule has 2 aromatic carbocycles. The molecule has 0 bridgehead atoms. The first-order chi connectivity index (χ1) is 12.8. The van der Waals surface area contributed by atoms with Gasteiger partial charge in [-0.3, -0.25) is 4.79 Å². The van der Waals surface area contributed by atoms with Crippen molar-refractivity contribution in [2.24, 2.45) is 0 Å². The van der Waals surface area contributed by atoms with E-state index in [0.717, 1.165) is 16.0 Å². The summed E-state index contributed by atoms with van der Waals surface area (Å²) in [6.45, 7) is 3.39. The quantitative estimate of drug-likeness (QED) is 0.655. The first kappa shape index (κ1) is 19.3. The van der Waals surface area contributed by atoms with Crippen LogP contribution in [0.3, 0.4) is 0 Å². The van der Waals surface area contributed by atoms with Crippen LogP contribution in [0, 0.1) is 6.92 Å². The Morgan fingerprint density at radius 3 is 2.22 bits per heavy atom. The number of carbonyl (C=O) groups is 1. The van der Waals surface area contributed by atoms with E-state index < -0.39 is 16.1 Å². The fourth-order valence-electron chi connectivity index (χ4n) is 2.65. The summed E-state index contributed by atoms with van der Waals surface area (Å²) >= 11 is 1.50. The third-order valence-electron chi connectivity index (χ3n) is 4.00. The minimum atomic E-state index is -3.75. The van der Waals surface area contributed by atoms with Gasteiger partial charge in [-0.1, -0.05) is 35.9 Å². The van der Waals surface area contributed by atoms with E-state index in [1.807, 2.05) is 48.7 Å². The standard InChI is InChI=1S/C20H20N2O3S2/c1-14-5-7-16(8-6-14)20(19-4-3-13-26-19)22-27(24,25)18-11-9-17(10-12-18)21-15(2)23/h3-13,20,22H,1-2H3,(H,21,23). The predicted octanol–water partition coefficient (Wildman–Crippen LogP) is 4.08. The van der Waals surface area contributed by atoms with Gasteiger partial charge in [0.25, 0.3) is 0 Å². The van der Waals surface area contributed by atoms with E-state index in [0.29, 0.717) is 5.69 Å². The van der Waals surface area contributed by atoms with E-state index in [-0.39, 0.29) is 10.8 Å². The molecule has 1 unspecified atom stereocenters. The van der Waals surface area contributed by atoms with Crippen LogP contribution in [0.25, 0.3) is 0 Å². The summed E-state index contributed by atoms with van der Waals surface area (Å²) in [5, 5.41) is 4.55. The molecular formula is C20H20N2O3S2. The van der Waals surface area contributed by atoms with Crippen LogP contribution in [-0.2, 0) is 14.8 Å². The van der Waals surface area contributed by atoms with E-state index in [9.17, 15) is 13.2 Å². The number of hydrogen-bond donors (Lipinski definition) is 2. The minimum absolute atomic E-state index is 0.144. The molecule has 0 aliphatic rings. The molecular weight excluding hydrogens is 380 g/mol. The lowest BCUT2D eigenvalue weighted by Crippen LogP contribution is -2.29. The normalized spacial score (nSPS) is 12.5. The number of amides is 1. The summed E-state index contributed by atoms with van der Waals surface area (Å²) in [6.07, 6.45) is 0. The third kappa shape index (κ3) is 4.82. The Balaban J connectivity index is 1.90. The summed E-state index contributed by atoms with van der Waals surface area (Å²) < 4.78 is 28.6. The van der Waals surface area contributed by atoms with E-state index in [2.05, 4.69) is 10.0 Å². The van der Waals surface area contributed by atoms with E-state index in [4.69, 9.17) is 0 Å². The molecule has 1 atom stereocenters. The number of hydrogen-bond acceptors (Lipinski definition) is 4. The van der Waals surface area contributed by atoms with E-state index >= 15 is 0 Å². The first-order valence-corrected chi connectivity index (χ1v) is 10.7. The van der Waals surface area contributed by atoms with Gasteiger partial charge in [-0.25, -0.2) is 8.42 Å². The van der Waals surface area contributed by atoms with Crippen LogP contribution >= 0.6 is 11.3 Å². The average molecular weight is 401 g/mol. The molecule has 0 spiro atoms. The van der Waals surface area contributed by atoms with Crippen molar-refractivity contribution in [2.75, 3.05) is 5.32 Å². The van der Waals surface area contributed by atoms with Crippen molar-refractivity contribution >= 4 is 33.0 Å². The van der Waals surface area contributed by atoms with Crippen molar-refractivity contribution in [3.8, 4) is 0 Å². The van der Waals surface area contributed by atoms with Crippen LogP contribution in [-0.4, -0.2) is 14.3 Å². The second kappa shape index (κ2) is 8.04. The fourth-order valence-corrected chi connectivity index (χ4v) is 4.73. The number of sulfonamides is 1. The Morgan fingerprint density at radius 2 is 1.67 bits per heavy atom. The van der Waals surface area contributed by atoms with Crippen LogP contribution in [0.2, 0.25) is 0 Å². The van der Waals surface area contributed by atoms with Crippen molar-refractivity contribution in [1.82, 2.24) is 4.72 Å². The number of thiophene rings is 1. The monoisotopic (exact) mass is 400 g/mol. The van der Waals surface area contributed by atoms with E-state index in [1.54, 1.807) is 12.1 Å². The first-order valence-electron chi connectivity index (χ1n) is 8.35. The zero-order chi connectivity index (χ0) is 19.4. The third-order valence-corrected chi connectivity index (χ3v) is 6.37. The molecule has 0 aliphatic heterocycles. The number of carbonyl (C=O) groups excluding carboxylic acids is 1. The highest BCUT2D eigenvalue weighted by Crippen LogP contribution is 2.28. The van der Waals surface area contributed by atoms with Crippen LogP contribution in [0.4, 0.5) is 5.69 Å². The molecule has 0 radical (unpaired) electrons. The maximum absolute atomic E-state index is 12.9. The summed E-state index contributed by atoms with van der Waals surface area (Å²) in [5.74, 6) is -0.208. The number of benzene rings is 2. The zero-order valence-electron chi connectivity index (χ0n) is 15.0. The molecule has 0 saturated carbocycles. The minimum Gasteiger partial charge on any atom is -0.326 e. The maximum atomic E-state index is 12.9. The lowest BCUT2D eigenvalue weighted by Gasteiger charge is -2.18. The maximum Gasteiger partial charge on any atom is 0.241 e. The van der Waals surface area contributed by atoms with Crippen molar-refractivity contribution in [1.29, 1.82) is 0 Å². The molecule has 0 fully saturated rings. The van der Waals surface area contributed by atoms with Crippen molar-refractivity contribution in [3.05, 3.63) is 82.0 Å². The van der Waals surface area contributed by atoms with Gasteiger partial charge >= 0.3 is 0 Å². The van der Waals surface area contributed by atoms with Crippen molar-refractivity contribution < 1.29 is 13.2 Å². The Kier molecular flexibility index (Phi) is 5.74. The lowest BCUT2D eigenvalue weighted by molar-refractivity contribution is -0.114. The van der Waals surface area contributed by atoms with Gasteiger partial charge in [-0.05, 0) is 48.2 Å². The lowest BCUT2D eigenvalue weighted by atomic mass is 10.0. The second-order valence-electron chi connectivity index (χ2n) is 6.19. The smallest absolute Gasteiger partial charge is 0.241 e. The molecule has 1 heterocycles.